The molecule has 1 amide bonds. The number of fused-ring (bicyclic) bond motifs is 1. The van der Waals surface area contributed by atoms with Gasteiger partial charge in [-0.05, 0) is 37.6 Å². The van der Waals surface area contributed by atoms with E-state index in [1.807, 2.05) is 31.2 Å². The first kappa shape index (κ1) is 21.6. The molecule has 1 aliphatic rings. The summed E-state index contributed by atoms with van der Waals surface area (Å²) in [6.07, 6.45) is 0. The molecule has 164 valence electrons. The van der Waals surface area contributed by atoms with E-state index in [0.29, 0.717) is 23.7 Å². The lowest BCUT2D eigenvalue weighted by Crippen LogP contribution is -2.25. The number of ether oxygens (including phenoxy) is 2. The SMILES string of the molecule is Cc1ccc(Cn2nc(C)c(C(=O)OCC(=O)c3ccc4c(c3)NC(=O)CO4)c2Cl)cc1. The minimum absolute atomic E-state index is 0.0738. The highest BCUT2D eigenvalue weighted by atomic mass is 35.5. The first-order valence-electron chi connectivity index (χ1n) is 9.87. The normalized spacial score (nSPS) is 12.5. The van der Waals surface area contributed by atoms with E-state index in [9.17, 15) is 14.4 Å². The molecule has 0 radical (unpaired) electrons. The molecule has 0 aliphatic carbocycles. The van der Waals surface area contributed by atoms with Gasteiger partial charge in [0.15, 0.2) is 19.0 Å². The number of nitrogens with one attached hydrogen (secondary N) is 1. The van der Waals surface area contributed by atoms with Crippen LogP contribution in [0.4, 0.5) is 5.69 Å². The predicted octanol–water partition coefficient (Wildman–Crippen LogP) is 3.57. The van der Waals surface area contributed by atoms with Crippen molar-refractivity contribution in [2.75, 3.05) is 18.5 Å². The average Bonchev–Trinajstić information content (AvgIpc) is 3.05. The van der Waals surface area contributed by atoms with Gasteiger partial charge in [-0.3, -0.25) is 9.59 Å². The van der Waals surface area contributed by atoms with Gasteiger partial charge in [0.2, 0.25) is 0 Å². The summed E-state index contributed by atoms with van der Waals surface area (Å²) >= 11 is 6.39. The highest BCUT2D eigenvalue weighted by Crippen LogP contribution is 2.29. The Balaban J connectivity index is 1.43. The zero-order chi connectivity index (χ0) is 22.8. The van der Waals surface area contributed by atoms with Crippen LogP contribution in [0.2, 0.25) is 5.15 Å². The number of halogens is 1. The molecule has 8 nitrogen and oxygen atoms in total. The van der Waals surface area contributed by atoms with E-state index in [4.69, 9.17) is 21.1 Å². The average molecular weight is 454 g/mol. The first-order valence-corrected chi connectivity index (χ1v) is 10.2. The van der Waals surface area contributed by atoms with Crippen molar-refractivity contribution >= 4 is 34.9 Å². The van der Waals surface area contributed by atoms with Crippen LogP contribution >= 0.6 is 11.6 Å². The lowest BCUT2D eigenvalue weighted by Gasteiger charge is -2.18. The fraction of sp³-hybridized carbons (Fsp3) is 0.217. The van der Waals surface area contributed by atoms with Gasteiger partial charge in [-0.15, -0.1) is 0 Å². The van der Waals surface area contributed by atoms with Gasteiger partial charge in [-0.1, -0.05) is 41.4 Å². The summed E-state index contributed by atoms with van der Waals surface area (Å²) in [7, 11) is 0. The number of hydrogen-bond acceptors (Lipinski definition) is 6. The van der Waals surface area contributed by atoms with Crippen molar-refractivity contribution in [3.8, 4) is 5.75 Å². The van der Waals surface area contributed by atoms with Crippen molar-refractivity contribution in [1.29, 1.82) is 0 Å². The van der Waals surface area contributed by atoms with Gasteiger partial charge in [-0.2, -0.15) is 5.10 Å². The number of ketones is 1. The third-order valence-electron chi connectivity index (χ3n) is 4.99. The third kappa shape index (κ3) is 4.50. The molecular weight excluding hydrogens is 434 g/mol. The van der Waals surface area contributed by atoms with Gasteiger partial charge < -0.3 is 14.8 Å². The topological polar surface area (TPSA) is 99.5 Å². The van der Waals surface area contributed by atoms with Crippen LogP contribution in [-0.2, 0) is 16.1 Å². The van der Waals surface area contributed by atoms with Gasteiger partial charge in [0.05, 0.1) is 17.9 Å². The Kier molecular flexibility index (Phi) is 5.96. The Labute approximate surface area is 189 Å². The molecular formula is C23H20ClN3O5. The second-order valence-corrected chi connectivity index (χ2v) is 7.80. The summed E-state index contributed by atoms with van der Waals surface area (Å²) in [6.45, 7) is 3.50. The molecule has 9 heteroatoms. The van der Waals surface area contributed by atoms with Crippen LogP contribution in [0, 0.1) is 13.8 Å². The maximum absolute atomic E-state index is 12.6. The molecule has 0 unspecified atom stereocenters. The lowest BCUT2D eigenvalue weighted by atomic mass is 10.1. The molecule has 0 bridgehead atoms. The number of nitrogens with zero attached hydrogens (tertiary/aromatic N) is 2. The number of benzene rings is 2. The maximum atomic E-state index is 12.6. The standard InChI is InChI=1S/C23H20ClN3O5/c1-13-3-5-15(6-4-13)10-27-22(24)21(14(2)26-27)23(30)32-11-18(28)16-7-8-19-17(9-16)25-20(29)12-31-19/h3-9H,10-12H2,1-2H3,(H,25,29). The van der Waals surface area contributed by atoms with Crippen LogP contribution in [0.5, 0.6) is 5.75 Å². The van der Waals surface area contributed by atoms with Crippen molar-refractivity contribution in [1.82, 2.24) is 9.78 Å². The summed E-state index contributed by atoms with van der Waals surface area (Å²) in [5.41, 5.74) is 3.33. The zero-order valence-corrected chi connectivity index (χ0v) is 18.2. The molecule has 2 heterocycles. The van der Waals surface area contributed by atoms with E-state index in [0.717, 1.165) is 11.1 Å². The Morgan fingerprint density at radius 3 is 2.69 bits per heavy atom. The molecule has 0 atom stereocenters. The van der Waals surface area contributed by atoms with Crippen LogP contribution in [0.15, 0.2) is 42.5 Å². The number of anilines is 1. The van der Waals surface area contributed by atoms with Crippen LogP contribution in [0.1, 0.15) is 37.5 Å². The molecule has 1 aromatic heterocycles. The molecule has 1 N–H and O–H groups in total. The molecule has 32 heavy (non-hydrogen) atoms. The van der Waals surface area contributed by atoms with Crippen LogP contribution in [0.3, 0.4) is 0 Å². The van der Waals surface area contributed by atoms with Gasteiger partial charge in [-0.25, -0.2) is 9.48 Å². The van der Waals surface area contributed by atoms with Crippen LogP contribution < -0.4 is 10.1 Å². The van der Waals surface area contributed by atoms with Crippen molar-refractivity contribution in [3.05, 3.63) is 75.6 Å². The summed E-state index contributed by atoms with van der Waals surface area (Å²) in [5.74, 6) is -0.991. The smallest absolute Gasteiger partial charge is 0.343 e. The monoisotopic (exact) mass is 453 g/mol. The highest BCUT2D eigenvalue weighted by Gasteiger charge is 2.23. The number of rotatable bonds is 6. The minimum Gasteiger partial charge on any atom is -0.482 e. The molecule has 0 spiro atoms. The van der Waals surface area contributed by atoms with Crippen molar-refractivity contribution in [2.45, 2.75) is 20.4 Å². The zero-order valence-electron chi connectivity index (χ0n) is 17.5. The summed E-state index contributed by atoms with van der Waals surface area (Å²) < 4.78 is 12.0. The van der Waals surface area contributed by atoms with Gasteiger partial charge >= 0.3 is 5.97 Å². The molecule has 4 rings (SSSR count). The van der Waals surface area contributed by atoms with Crippen molar-refractivity contribution in [3.63, 3.8) is 0 Å². The van der Waals surface area contributed by atoms with E-state index in [1.165, 1.54) is 10.7 Å². The molecule has 0 saturated heterocycles. The second-order valence-electron chi connectivity index (χ2n) is 7.44. The first-order chi connectivity index (χ1) is 15.3. The summed E-state index contributed by atoms with van der Waals surface area (Å²) in [6, 6.07) is 12.5. The number of carbonyl (C=O) groups is 3. The maximum Gasteiger partial charge on any atom is 0.343 e. The number of esters is 1. The number of aromatic nitrogens is 2. The molecule has 3 aromatic rings. The van der Waals surface area contributed by atoms with E-state index >= 15 is 0 Å². The number of amides is 1. The lowest BCUT2D eigenvalue weighted by molar-refractivity contribution is -0.118. The number of Topliss-reactive ketones (excluding diaryl/α,β-unsaturated/α-hetero) is 1. The number of carbonyl (C=O) groups excluding carboxylic acids is 3. The highest BCUT2D eigenvalue weighted by molar-refractivity contribution is 6.32. The molecule has 0 fully saturated rings. The van der Waals surface area contributed by atoms with Gasteiger partial charge in [0, 0.05) is 5.56 Å². The molecule has 1 aliphatic heterocycles. The summed E-state index contributed by atoms with van der Waals surface area (Å²) in [5, 5.41) is 7.12. The fourth-order valence-electron chi connectivity index (χ4n) is 3.30. The summed E-state index contributed by atoms with van der Waals surface area (Å²) in [4.78, 5) is 36.6. The van der Waals surface area contributed by atoms with Crippen LogP contribution in [0.25, 0.3) is 0 Å². The molecule has 2 aromatic carbocycles. The Bertz CT molecular complexity index is 1220. The van der Waals surface area contributed by atoms with Crippen molar-refractivity contribution in [2.24, 2.45) is 0 Å². The Morgan fingerprint density at radius 2 is 1.94 bits per heavy atom. The van der Waals surface area contributed by atoms with E-state index in [1.54, 1.807) is 19.1 Å². The number of aryl methyl sites for hydroxylation is 2. The third-order valence-corrected chi connectivity index (χ3v) is 5.38. The van der Waals surface area contributed by atoms with Gasteiger partial charge in [0.1, 0.15) is 16.5 Å². The van der Waals surface area contributed by atoms with E-state index in [2.05, 4.69) is 10.4 Å². The largest absolute Gasteiger partial charge is 0.482 e. The Morgan fingerprint density at radius 1 is 1.19 bits per heavy atom. The second kappa shape index (κ2) is 8.84. The van der Waals surface area contributed by atoms with Crippen molar-refractivity contribution < 1.29 is 23.9 Å². The van der Waals surface area contributed by atoms with E-state index < -0.39 is 18.4 Å². The minimum atomic E-state index is -0.731. The Hall–Kier alpha value is -3.65. The van der Waals surface area contributed by atoms with Gasteiger partial charge in [0.25, 0.3) is 5.91 Å². The van der Waals surface area contributed by atoms with E-state index in [-0.39, 0.29) is 28.8 Å². The molecule has 0 saturated carbocycles. The fourth-order valence-corrected chi connectivity index (χ4v) is 3.61. The predicted molar refractivity (Wildman–Crippen MR) is 117 cm³/mol. The number of hydrogen-bond donors (Lipinski definition) is 1. The quantitative estimate of drug-likeness (QED) is 0.452. The van der Waals surface area contributed by atoms with Crippen LogP contribution in [-0.4, -0.2) is 40.7 Å².